The summed E-state index contributed by atoms with van der Waals surface area (Å²) in [5.74, 6) is 0.474. The first-order chi connectivity index (χ1) is 14.8. The molecule has 0 saturated carbocycles. The zero-order valence-electron chi connectivity index (χ0n) is 15.5. The lowest BCUT2D eigenvalue weighted by atomic mass is 10.2. The van der Waals surface area contributed by atoms with Crippen LogP contribution in [0.1, 0.15) is 5.89 Å². The Morgan fingerprint density at radius 2 is 1.80 bits per heavy atom. The topological polar surface area (TPSA) is 82.5 Å². The van der Waals surface area contributed by atoms with Gasteiger partial charge in [0.1, 0.15) is 17.9 Å². The highest BCUT2D eigenvalue weighted by molar-refractivity contribution is 6.06. The Hall–Kier alpha value is -4.20. The molecule has 0 atom stereocenters. The van der Waals surface area contributed by atoms with Gasteiger partial charge in [-0.2, -0.15) is 0 Å². The normalized spacial score (nSPS) is 11.6. The second-order valence-electron chi connectivity index (χ2n) is 6.87. The molecular weight excluding hydrogens is 383 g/mol. The van der Waals surface area contributed by atoms with E-state index in [9.17, 15) is 4.39 Å². The van der Waals surface area contributed by atoms with E-state index < -0.39 is 0 Å². The molecule has 6 aromatic rings. The molecule has 4 aromatic heterocycles. The Morgan fingerprint density at radius 1 is 0.933 bits per heavy atom. The van der Waals surface area contributed by atoms with Crippen LogP contribution in [-0.2, 0) is 6.54 Å². The molecule has 0 radical (unpaired) electrons. The molecule has 0 bridgehead atoms. The van der Waals surface area contributed by atoms with Crippen LogP contribution in [0.5, 0.6) is 0 Å². The summed E-state index contributed by atoms with van der Waals surface area (Å²) in [6, 6.07) is 15.9. The van der Waals surface area contributed by atoms with Gasteiger partial charge in [-0.05, 0) is 42.5 Å². The van der Waals surface area contributed by atoms with Crippen LogP contribution in [0.15, 0.2) is 71.4 Å². The summed E-state index contributed by atoms with van der Waals surface area (Å²) in [6.45, 7) is 0.284. The third-order valence-corrected chi connectivity index (χ3v) is 4.98. The van der Waals surface area contributed by atoms with Crippen molar-refractivity contribution in [2.75, 3.05) is 0 Å². The molecule has 4 heterocycles. The van der Waals surface area contributed by atoms with E-state index in [2.05, 4.69) is 15.2 Å². The van der Waals surface area contributed by atoms with Gasteiger partial charge >= 0.3 is 0 Å². The maximum Gasteiger partial charge on any atom is 0.249 e. The molecule has 30 heavy (non-hydrogen) atoms. The number of para-hydroxylation sites is 2. The van der Waals surface area contributed by atoms with Crippen LogP contribution in [0.25, 0.3) is 44.6 Å². The molecule has 144 valence electrons. The van der Waals surface area contributed by atoms with Crippen molar-refractivity contribution in [2.45, 2.75) is 6.54 Å². The Kier molecular flexibility index (Phi) is 3.58. The fourth-order valence-corrected chi connectivity index (χ4v) is 3.63. The van der Waals surface area contributed by atoms with Gasteiger partial charge in [0.15, 0.2) is 5.65 Å². The molecule has 0 amide bonds. The van der Waals surface area contributed by atoms with Crippen LogP contribution in [0, 0.1) is 5.82 Å². The van der Waals surface area contributed by atoms with Gasteiger partial charge in [-0.1, -0.05) is 12.1 Å². The highest BCUT2D eigenvalue weighted by Crippen LogP contribution is 2.30. The molecule has 6 rings (SSSR count). The van der Waals surface area contributed by atoms with E-state index in [0.29, 0.717) is 28.3 Å². The van der Waals surface area contributed by atoms with Crippen molar-refractivity contribution in [3.05, 3.63) is 78.7 Å². The number of halogens is 1. The third kappa shape index (κ3) is 2.61. The lowest BCUT2D eigenvalue weighted by Gasteiger charge is -2.04. The highest BCUT2D eigenvalue weighted by Gasteiger charge is 2.18. The molecule has 0 spiro atoms. The minimum atomic E-state index is -0.326. The van der Waals surface area contributed by atoms with Crippen molar-refractivity contribution < 1.29 is 8.81 Å². The van der Waals surface area contributed by atoms with Gasteiger partial charge in [0.05, 0.1) is 22.1 Å². The minimum absolute atomic E-state index is 0.284. The monoisotopic (exact) mass is 396 g/mol. The first kappa shape index (κ1) is 16.7. The van der Waals surface area contributed by atoms with E-state index in [1.165, 1.54) is 12.1 Å². The fourth-order valence-electron chi connectivity index (χ4n) is 3.63. The van der Waals surface area contributed by atoms with Crippen LogP contribution in [0.2, 0.25) is 0 Å². The number of fused-ring (bicyclic) bond motifs is 4. The SMILES string of the molecule is Fc1ccc2c(c1)c1nc3ccccc3nc1n2Cc1nnc(-c2cccnc2)o1. The fraction of sp³-hybridized carbons (Fsp3) is 0.0455. The van der Waals surface area contributed by atoms with Crippen LogP contribution < -0.4 is 0 Å². The predicted molar refractivity (Wildman–Crippen MR) is 109 cm³/mol. The van der Waals surface area contributed by atoms with Gasteiger partial charge < -0.3 is 8.98 Å². The van der Waals surface area contributed by atoms with E-state index in [1.54, 1.807) is 24.5 Å². The number of benzene rings is 2. The minimum Gasteiger partial charge on any atom is -0.419 e. The van der Waals surface area contributed by atoms with Crippen molar-refractivity contribution >= 4 is 33.1 Å². The van der Waals surface area contributed by atoms with Crippen molar-refractivity contribution in [3.8, 4) is 11.5 Å². The summed E-state index contributed by atoms with van der Waals surface area (Å²) in [6.07, 6.45) is 3.35. The molecule has 0 fully saturated rings. The Bertz CT molecular complexity index is 1540. The van der Waals surface area contributed by atoms with Gasteiger partial charge in [-0.15, -0.1) is 10.2 Å². The maximum absolute atomic E-state index is 14.0. The van der Waals surface area contributed by atoms with E-state index in [-0.39, 0.29) is 12.4 Å². The molecule has 0 unspecified atom stereocenters. The quantitative estimate of drug-likeness (QED) is 0.442. The number of pyridine rings is 1. The number of hydrogen-bond acceptors (Lipinski definition) is 6. The zero-order valence-corrected chi connectivity index (χ0v) is 15.5. The van der Waals surface area contributed by atoms with E-state index in [4.69, 9.17) is 14.4 Å². The van der Waals surface area contributed by atoms with Crippen molar-refractivity contribution in [1.82, 2.24) is 29.7 Å². The summed E-state index contributed by atoms with van der Waals surface area (Å²) in [4.78, 5) is 13.6. The smallest absolute Gasteiger partial charge is 0.249 e. The average molecular weight is 396 g/mol. The Labute approximate surface area is 168 Å². The summed E-state index contributed by atoms with van der Waals surface area (Å²) in [5.41, 5.74) is 4.32. The second-order valence-corrected chi connectivity index (χ2v) is 6.87. The van der Waals surface area contributed by atoms with Crippen LogP contribution in [0.4, 0.5) is 4.39 Å². The van der Waals surface area contributed by atoms with Gasteiger partial charge in [-0.25, -0.2) is 14.4 Å². The van der Waals surface area contributed by atoms with E-state index >= 15 is 0 Å². The Morgan fingerprint density at radius 3 is 2.63 bits per heavy atom. The summed E-state index contributed by atoms with van der Waals surface area (Å²) >= 11 is 0. The lowest BCUT2D eigenvalue weighted by molar-refractivity contribution is 0.494. The van der Waals surface area contributed by atoms with Crippen molar-refractivity contribution in [2.24, 2.45) is 0 Å². The molecule has 8 heteroatoms. The number of hydrogen-bond donors (Lipinski definition) is 0. The van der Waals surface area contributed by atoms with Crippen molar-refractivity contribution in [3.63, 3.8) is 0 Å². The molecule has 0 aliphatic rings. The van der Waals surface area contributed by atoms with Crippen LogP contribution >= 0.6 is 0 Å². The summed E-state index contributed by atoms with van der Waals surface area (Å²) in [5, 5.41) is 8.99. The first-order valence-corrected chi connectivity index (χ1v) is 9.33. The molecule has 0 N–H and O–H groups in total. The van der Waals surface area contributed by atoms with Gasteiger partial charge in [0, 0.05) is 17.8 Å². The second kappa shape index (κ2) is 6.41. The summed E-state index contributed by atoms with van der Waals surface area (Å²) in [7, 11) is 0. The number of rotatable bonds is 3. The van der Waals surface area contributed by atoms with Crippen LogP contribution in [0.3, 0.4) is 0 Å². The molecule has 2 aromatic carbocycles. The predicted octanol–water partition coefficient (Wildman–Crippen LogP) is 4.37. The third-order valence-electron chi connectivity index (χ3n) is 4.98. The van der Waals surface area contributed by atoms with Gasteiger partial charge in [-0.3, -0.25) is 4.98 Å². The molecule has 7 nitrogen and oxygen atoms in total. The highest BCUT2D eigenvalue weighted by atomic mass is 19.1. The lowest BCUT2D eigenvalue weighted by Crippen LogP contribution is -2.01. The molecule has 0 aliphatic carbocycles. The zero-order chi connectivity index (χ0) is 20.1. The average Bonchev–Trinajstić information content (AvgIpc) is 3.36. The van der Waals surface area contributed by atoms with Crippen LogP contribution in [-0.4, -0.2) is 29.7 Å². The van der Waals surface area contributed by atoms with Gasteiger partial charge in [0.25, 0.3) is 0 Å². The largest absolute Gasteiger partial charge is 0.419 e. The number of aromatic nitrogens is 6. The molecule has 0 aliphatic heterocycles. The van der Waals surface area contributed by atoms with E-state index in [1.807, 2.05) is 34.9 Å². The van der Waals surface area contributed by atoms with Gasteiger partial charge in [0.2, 0.25) is 11.8 Å². The summed E-state index contributed by atoms with van der Waals surface area (Å²) < 4.78 is 21.8. The van der Waals surface area contributed by atoms with Crippen molar-refractivity contribution in [1.29, 1.82) is 0 Å². The Balaban J connectivity index is 1.54. The van der Waals surface area contributed by atoms with E-state index in [0.717, 1.165) is 22.1 Å². The number of nitrogens with zero attached hydrogens (tertiary/aromatic N) is 6. The first-order valence-electron chi connectivity index (χ1n) is 9.33. The molecule has 0 saturated heterocycles. The molecular formula is C22H13FN6O. The standard InChI is InChI=1S/C22H13FN6O/c23-14-7-8-18-15(10-14)20-21(26-17-6-2-1-5-16(17)25-20)29(18)12-19-27-28-22(30-19)13-4-3-9-24-11-13/h1-11H,12H2. The maximum atomic E-state index is 14.0.